The van der Waals surface area contributed by atoms with E-state index in [0.29, 0.717) is 24.7 Å². The highest BCUT2D eigenvalue weighted by molar-refractivity contribution is 5.96. The molecule has 1 aromatic rings. The van der Waals surface area contributed by atoms with Crippen molar-refractivity contribution in [2.75, 3.05) is 49.6 Å². The van der Waals surface area contributed by atoms with E-state index in [0.717, 1.165) is 38.5 Å². The van der Waals surface area contributed by atoms with E-state index in [1.165, 1.54) is 12.1 Å². The molecule has 1 unspecified atom stereocenters. The summed E-state index contributed by atoms with van der Waals surface area (Å²) in [7, 11) is 0. The molecule has 1 saturated heterocycles. The van der Waals surface area contributed by atoms with Gasteiger partial charge in [-0.1, -0.05) is 0 Å². The topological polar surface area (TPSA) is 44.8 Å². The van der Waals surface area contributed by atoms with Gasteiger partial charge in [-0.3, -0.25) is 9.69 Å². The maximum Gasteiger partial charge on any atom is 0.226 e. The average molecular weight is 307 g/mol. The Morgan fingerprint density at radius 2 is 2.23 bits per heavy atom. The van der Waals surface area contributed by atoms with Crippen LogP contribution < -0.4 is 10.2 Å². The summed E-state index contributed by atoms with van der Waals surface area (Å²) < 4.78 is 18.9. The number of anilines is 2. The van der Waals surface area contributed by atoms with E-state index < -0.39 is 0 Å². The second-order valence-corrected chi connectivity index (χ2v) is 5.91. The van der Waals surface area contributed by atoms with Crippen LogP contribution >= 0.6 is 0 Å². The number of carbonyl (C=O) groups excluding carboxylic acids is 1. The first kappa shape index (κ1) is 15.2. The fourth-order valence-corrected chi connectivity index (χ4v) is 3.03. The van der Waals surface area contributed by atoms with Gasteiger partial charge in [-0.25, -0.2) is 4.39 Å². The van der Waals surface area contributed by atoms with E-state index in [1.54, 1.807) is 6.07 Å². The molecule has 1 atom stereocenters. The van der Waals surface area contributed by atoms with Crippen molar-refractivity contribution in [1.29, 1.82) is 0 Å². The van der Waals surface area contributed by atoms with Crippen LogP contribution in [0.1, 0.15) is 13.3 Å². The highest BCUT2D eigenvalue weighted by Crippen LogP contribution is 2.29. The average Bonchev–Trinajstić information content (AvgIpc) is 2.64. The van der Waals surface area contributed by atoms with E-state index in [4.69, 9.17) is 4.74 Å². The van der Waals surface area contributed by atoms with Crippen LogP contribution in [0.15, 0.2) is 18.2 Å². The highest BCUT2D eigenvalue weighted by Gasteiger charge is 2.22. The van der Waals surface area contributed by atoms with Gasteiger partial charge < -0.3 is 15.0 Å². The van der Waals surface area contributed by atoms with Gasteiger partial charge in [0.2, 0.25) is 5.91 Å². The predicted molar refractivity (Wildman–Crippen MR) is 83.7 cm³/mol. The normalized spacial score (nSPS) is 22.9. The Hall–Kier alpha value is -1.66. The van der Waals surface area contributed by atoms with Crippen LogP contribution in [0.2, 0.25) is 0 Å². The summed E-state index contributed by atoms with van der Waals surface area (Å²) in [6, 6.07) is 5.00. The molecule has 3 rings (SSSR count). The Bertz CT molecular complexity index is 552. The standard InChI is InChI=1S/C16H22FN3O2/c1-12-11-22-9-8-19(12)6-7-20-5-4-16(21)18-14-10-13(17)2-3-15(14)20/h2-3,10,12H,4-9,11H2,1H3,(H,18,21). The van der Waals surface area contributed by atoms with Gasteiger partial charge in [0.15, 0.2) is 0 Å². The monoisotopic (exact) mass is 307 g/mol. The number of rotatable bonds is 3. The number of fused-ring (bicyclic) bond motifs is 1. The second-order valence-electron chi connectivity index (χ2n) is 5.91. The quantitative estimate of drug-likeness (QED) is 0.923. The molecule has 5 nitrogen and oxygen atoms in total. The van der Waals surface area contributed by atoms with Crippen molar-refractivity contribution in [2.24, 2.45) is 0 Å². The summed E-state index contributed by atoms with van der Waals surface area (Å²) in [4.78, 5) is 16.3. The second kappa shape index (κ2) is 6.62. The van der Waals surface area contributed by atoms with Gasteiger partial charge in [-0.2, -0.15) is 0 Å². The van der Waals surface area contributed by atoms with E-state index >= 15 is 0 Å². The van der Waals surface area contributed by atoms with Crippen LogP contribution in [0.5, 0.6) is 0 Å². The Morgan fingerprint density at radius 1 is 1.36 bits per heavy atom. The van der Waals surface area contributed by atoms with Crippen molar-refractivity contribution < 1.29 is 13.9 Å². The van der Waals surface area contributed by atoms with E-state index in [9.17, 15) is 9.18 Å². The third-order valence-electron chi connectivity index (χ3n) is 4.34. The van der Waals surface area contributed by atoms with Gasteiger partial charge >= 0.3 is 0 Å². The summed E-state index contributed by atoms with van der Waals surface area (Å²) in [6.45, 7) is 7.02. The van der Waals surface area contributed by atoms with Gasteiger partial charge in [0.25, 0.3) is 0 Å². The number of hydrogen-bond donors (Lipinski definition) is 1. The number of carbonyl (C=O) groups is 1. The zero-order chi connectivity index (χ0) is 15.5. The first-order chi connectivity index (χ1) is 10.6. The van der Waals surface area contributed by atoms with Crippen LogP contribution in [-0.2, 0) is 9.53 Å². The number of morpholine rings is 1. The van der Waals surface area contributed by atoms with Gasteiger partial charge in [0.05, 0.1) is 24.6 Å². The van der Waals surface area contributed by atoms with Gasteiger partial charge in [0, 0.05) is 38.6 Å². The minimum atomic E-state index is -0.331. The van der Waals surface area contributed by atoms with Crippen LogP contribution in [-0.4, -0.2) is 56.2 Å². The Labute approximate surface area is 130 Å². The molecule has 2 aliphatic heterocycles. The van der Waals surface area contributed by atoms with E-state index in [1.807, 2.05) is 0 Å². The molecular formula is C16H22FN3O2. The lowest BCUT2D eigenvalue weighted by molar-refractivity contribution is -0.115. The van der Waals surface area contributed by atoms with Gasteiger partial charge in [-0.05, 0) is 25.1 Å². The van der Waals surface area contributed by atoms with Crippen molar-refractivity contribution in [3.63, 3.8) is 0 Å². The lowest BCUT2D eigenvalue weighted by Gasteiger charge is -2.35. The molecule has 0 bridgehead atoms. The molecule has 2 aliphatic rings. The Morgan fingerprint density at radius 3 is 3.05 bits per heavy atom. The molecule has 1 amide bonds. The fraction of sp³-hybridized carbons (Fsp3) is 0.562. The van der Waals surface area contributed by atoms with Gasteiger partial charge in [0.1, 0.15) is 5.82 Å². The SMILES string of the molecule is CC1COCCN1CCN1CCC(=O)Nc2cc(F)ccc21. The molecule has 2 heterocycles. The zero-order valence-electron chi connectivity index (χ0n) is 12.8. The predicted octanol–water partition coefficient (Wildman–Crippen LogP) is 1.69. The molecule has 0 aliphatic carbocycles. The largest absolute Gasteiger partial charge is 0.379 e. The first-order valence-electron chi connectivity index (χ1n) is 7.79. The zero-order valence-corrected chi connectivity index (χ0v) is 12.8. The number of benzene rings is 1. The van der Waals surface area contributed by atoms with Crippen molar-refractivity contribution >= 4 is 17.3 Å². The number of nitrogens with zero attached hydrogens (tertiary/aromatic N) is 2. The molecule has 0 saturated carbocycles. The van der Waals surface area contributed by atoms with Crippen LogP contribution in [0.4, 0.5) is 15.8 Å². The third kappa shape index (κ3) is 3.39. The molecule has 6 heteroatoms. The van der Waals surface area contributed by atoms with Crippen molar-refractivity contribution in [3.8, 4) is 0 Å². The summed E-state index contributed by atoms with van der Waals surface area (Å²) in [5.74, 6) is -0.392. The number of hydrogen-bond acceptors (Lipinski definition) is 4. The number of ether oxygens (including phenoxy) is 1. The molecule has 22 heavy (non-hydrogen) atoms. The molecule has 1 fully saturated rings. The molecule has 120 valence electrons. The number of amides is 1. The van der Waals surface area contributed by atoms with Crippen molar-refractivity contribution in [2.45, 2.75) is 19.4 Å². The summed E-state index contributed by atoms with van der Waals surface area (Å²) in [5.41, 5.74) is 1.46. The number of nitrogens with one attached hydrogen (secondary N) is 1. The fourth-order valence-electron chi connectivity index (χ4n) is 3.03. The molecule has 1 N–H and O–H groups in total. The van der Waals surface area contributed by atoms with Crippen LogP contribution in [0.25, 0.3) is 0 Å². The van der Waals surface area contributed by atoms with Crippen LogP contribution in [0, 0.1) is 5.82 Å². The Kier molecular flexibility index (Phi) is 4.59. The van der Waals surface area contributed by atoms with Crippen molar-refractivity contribution in [3.05, 3.63) is 24.0 Å². The summed E-state index contributed by atoms with van der Waals surface area (Å²) in [5, 5.41) is 2.79. The number of halogens is 1. The molecule has 1 aromatic carbocycles. The highest BCUT2D eigenvalue weighted by atomic mass is 19.1. The summed E-state index contributed by atoms with van der Waals surface area (Å²) >= 11 is 0. The maximum atomic E-state index is 13.4. The van der Waals surface area contributed by atoms with Crippen molar-refractivity contribution in [1.82, 2.24) is 4.90 Å². The summed E-state index contributed by atoms with van der Waals surface area (Å²) in [6.07, 6.45) is 0.426. The first-order valence-corrected chi connectivity index (χ1v) is 7.79. The van der Waals surface area contributed by atoms with Crippen LogP contribution in [0.3, 0.4) is 0 Å². The van der Waals surface area contributed by atoms with Gasteiger partial charge in [-0.15, -0.1) is 0 Å². The van der Waals surface area contributed by atoms with E-state index in [-0.39, 0.29) is 11.7 Å². The minimum Gasteiger partial charge on any atom is -0.379 e. The molecule has 0 aromatic heterocycles. The molecular weight excluding hydrogens is 285 g/mol. The lowest BCUT2D eigenvalue weighted by Crippen LogP contribution is -2.47. The molecule has 0 radical (unpaired) electrons. The third-order valence-corrected chi connectivity index (χ3v) is 4.34. The van der Waals surface area contributed by atoms with E-state index in [2.05, 4.69) is 22.0 Å². The smallest absolute Gasteiger partial charge is 0.226 e. The lowest BCUT2D eigenvalue weighted by atomic mass is 10.2. The molecule has 0 spiro atoms. The minimum absolute atomic E-state index is 0.0610. The maximum absolute atomic E-state index is 13.4. The Balaban J connectivity index is 1.72.